The van der Waals surface area contributed by atoms with E-state index in [1.54, 1.807) is 4.57 Å². The molecule has 0 saturated heterocycles. The summed E-state index contributed by atoms with van der Waals surface area (Å²) in [6, 6.07) is 0. The third-order valence-electron chi connectivity index (χ3n) is 5.46. The molecule has 31 heavy (non-hydrogen) atoms. The fraction of sp³-hybridized carbons (Fsp3) is 0.682. The summed E-state index contributed by atoms with van der Waals surface area (Å²) in [5.41, 5.74) is -0.581. The number of ether oxygens (including phenoxy) is 2. The number of fused-ring (bicyclic) bond motifs is 1. The lowest BCUT2D eigenvalue weighted by Crippen LogP contribution is -2.45. The monoisotopic (exact) mass is 451 g/mol. The van der Waals surface area contributed by atoms with E-state index in [0.717, 1.165) is 23.3 Å². The molecule has 1 saturated carbocycles. The van der Waals surface area contributed by atoms with Gasteiger partial charge in [0.15, 0.2) is 0 Å². The number of carbonyl (C=O) groups is 1. The van der Waals surface area contributed by atoms with E-state index < -0.39 is 11.1 Å². The Morgan fingerprint density at radius 1 is 1.26 bits per heavy atom. The summed E-state index contributed by atoms with van der Waals surface area (Å²) in [5.74, 6) is -0.330. The molecule has 0 atom stereocenters. The average Bonchev–Trinajstić information content (AvgIpc) is 3.30. The van der Waals surface area contributed by atoms with Gasteiger partial charge in [-0.3, -0.25) is 18.7 Å². The van der Waals surface area contributed by atoms with Crippen molar-refractivity contribution in [3.8, 4) is 0 Å². The minimum absolute atomic E-state index is 0.0738. The number of thiophene rings is 1. The van der Waals surface area contributed by atoms with Crippen LogP contribution in [0.15, 0.2) is 9.59 Å². The van der Waals surface area contributed by atoms with E-state index >= 15 is 0 Å². The maximum Gasteiger partial charge on any atom is 0.332 e. The van der Waals surface area contributed by atoms with Crippen molar-refractivity contribution in [1.82, 2.24) is 14.5 Å². The Kier molecular flexibility index (Phi) is 6.78. The van der Waals surface area contributed by atoms with E-state index in [9.17, 15) is 14.4 Å². The molecule has 0 spiro atoms. The van der Waals surface area contributed by atoms with Crippen molar-refractivity contribution in [3.05, 3.63) is 31.3 Å². The summed E-state index contributed by atoms with van der Waals surface area (Å²) in [6.07, 6.45) is 1.65. The molecule has 0 unspecified atom stereocenters. The zero-order valence-corrected chi connectivity index (χ0v) is 20.1. The lowest BCUT2D eigenvalue weighted by molar-refractivity contribution is -0.153. The van der Waals surface area contributed by atoms with E-state index in [4.69, 9.17) is 9.47 Å². The van der Waals surface area contributed by atoms with Gasteiger partial charge in [0.05, 0.1) is 30.6 Å². The minimum Gasteiger partial charge on any atom is -0.459 e. The van der Waals surface area contributed by atoms with Crippen LogP contribution in [0.4, 0.5) is 0 Å². The smallest absolute Gasteiger partial charge is 0.332 e. The number of aryl methyl sites for hydroxylation is 1. The van der Waals surface area contributed by atoms with Crippen molar-refractivity contribution in [1.29, 1.82) is 0 Å². The summed E-state index contributed by atoms with van der Waals surface area (Å²) < 4.78 is 13.9. The molecule has 1 fully saturated rings. The predicted molar refractivity (Wildman–Crippen MR) is 122 cm³/mol. The largest absolute Gasteiger partial charge is 0.459 e. The van der Waals surface area contributed by atoms with Gasteiger partial charge >= 0.3 is 11.7 Å². The number of hydrogen-bond donors (Lipinski definition) is 1. The molecule has 172 valence electrons. The number of aromatic nitrogens is 2. The molecule has 0 radical (unpaired) electrons. The normalized spacial score (nSPS) is 15.4. The zero-order valence-electron chi connectivity index (χ0n) is 19.3. The molecule has 3 rings (SSSR count). The van der Waals surface area contributed by atoms with Crippen LogP contribution in [0.5, 0.6) is 0 Å². The number of nitrogens with zero attached hydrogens (tertiary/aromatic N) is 2. The zero-order chi connectivity index (χ0) is 23.0. The van der Waals surface area contributed by atoms with Crippen LogP contribution >= 0.6 is 11.3 Å². The Labute approximate surface area is 186 Å². The molecule has 0 aromatic carbocycles. The Balaban J connectivity index is 1.95. The number of rotatable bonds is 9. The van der Waals surface area contributed by atoms with Gasteiger partial charge in [-0.2, -0.15) is 0 Å². The first-order chi connectivity index (χ1) is 14.5. The fourth-order valence-electron chi connectivity index (χ4n) is 3.59. The summed E-state index contributed by atoms with van der Waals surface area (Å²) in [4.78, 5) is 40.1. The topological polar surface area (TPSA) is 91.6 Å². The molecule has 2 aromatic heterocycles. The lowest BCUT2D eigenvalue weighted by atomic mass is 10.2. The van der Waals surface area contributed by atoms with E-state index in [2.05, 4.69) is 5.32 Å². The average molecular weight is 452 g/mol. The van der Waals surface area contributed by atoms with Gasteiger partial charge in [0, 0.05) is 18.0 Å². The van der Waals surface area contributed by atoms with Crippen molar-refractivity contribution in [2.75, 3.05) is 19.8 Å². The standard InChI is InChI=1S/C22H33N3O5S/c1-7-29-11-10-24-19-17(18(27)25(20(24)28)22(6)8-9-22)14(2)15(31-19)12-23-13-16(26)30-21(3,4)5/h23H,7-13H2,1-6H3. The van der Waals surface area contributed by atoms with Crippen LogP contribution in [0.25, 0.3) is 10.2 Å². The van der Waals surface area contributed by atoms with Crippen LogP contribution in [0, 0.1) is 6.92 Å². The predicted octanol–water partition coefficient (Wildman–Crippen LogP) is 2.51. The molecule has 0 amide bonds. The van der Waals surface area contributed by atoms with Gasteiger partial charge in [0.2, 0.25) is 0 Å². The van der Waals surface area contributed by atoms with Gasteiger partial charge in [-0.1, -0.05) is 0 Å². The molecule has 8 nitrogen and oxygen atoms in total. The van der Waals surface area contributed by atoms with Gasteiger partial charge in [0.25, 0.3) is 5.56 Å². The highest BCUT2D eigenvalue weighted by atomic mass is 32.1. The highest BCUT2D eigenvalue weighted by Gasteiger charge is 2.43. The van der Waals surface area contributed by atoms with Gasteiger partial charge in [0.1, 0.15) is 10.4 Å². The first-order valence-electron chi connectivity index (χ1n) is 10.8. The van der Waals surface area contributed by atoms with Crippen molar-refractivity contribution < 1.29 is 14.3 Å². The molecule has 0 bridgehead atoms. The van der Waals surface area contributed by atoms with E-state index in [0.29, 0.717) is 36.5 Å². The molecular formula is C22H33N3O5S. The Morgan fingerprint density at radius 3 is 2.52 bits per heavy atom. The molecule has 9 heteroatoms. The van der Waals surface area contributed by atoms with Gasteiger partial charge in [-0.15, -0.1) is 11.3 Å². The third kappa shape index (κ3) is 5.10. The first-order valence-corrected chi connectivity index (χ1v) is 11.6. The minimum atomic E-state index is -0.535. The van der Waals surface area contributed by atoms with E-state index in [1.165, 1.54) is 15.9 Å². The van der Waals surface area contributed by atoms with Crippen molar-refractivity contribution in [2.24, 2.45) is 0 Å². The molecular weight excluding hydrogens is 418 g/mol. The van der Waals surface area contributed by atoms with Crippen LogP contribution in [-0.4, -0.2) is 40.5 Å². The number of nitrogens with one attached hydrogen (secondary N) is 1. The quantitative estimate of drug-likeness (QED) is 0.465. The Bertz CT molecular complexity index is 1090. The first kappa shape index (κ1) is 23.7. The summed E-state index contributed by atoms with van der Waals surface area (Å²) >= 11 is 1.42. The molecule has 0 aliphatic heterocycles. The fourth-order valence-corrected chi connectivity index (χ4v) is 4.88. The highest BCUT2D eigenvalue weighted by Crippen LogP contribution is 2.41. The van der Waals surface area contributed by atoms with Gasteiger partial charge in [-0.05, 0) is 59.9 Å². The van der Waals surface area contributed by atoms with E-state index in [1.807, 2.05) is 41.5 Å². The Morgan fingerprint density at radius 2 is 1.94 bits per heavy atom. The number of carbonyl (C=O) groups excluding carboxylic acids is 1. The summed E-state index contributed by atoms with van der Waals surface area (Å²) in [6.45, 7) is 13.1. The SMILES string of the molecule is CCOCCn1c(=O)n(C2(C)CC2)c(=O)c2c(C)c(CNCC(=O)OC(C)(C)C)sc21. The van der Waals surface area contributed by atoms with Crippen LogP contribution in [0.2, 0.25) is 0 Å². The molecule has 1 N–H and O–H groups in total. The molecule has 1 aliphatic carbocycles. The Hall–Kier alpha value is -1.97. The highest BCUT2D eigenvalue weighted by molar-refractivity contribution is 7.18. The van der Waals surface area contributed by atoms with Crippen molar-refractivity contribution >= 4 is 27.5 Å². The molecule has 1 aliphatic rings. The van der Waals surface area contributed by atoms with E-state index in [-0.39, 0.29) is 23.8 Å². The van der Waals surface area contributed by atoms with Crippen molar-refractivity contribution in [3.63, 3.8) is 0 Å². The van der Waals surface area contributed by atoms with Gasteiger partial charge < -0.3 is 14.8 Å². The van der Waals surface area contributed by atoms with Crippen LogP contribution in [-0.2, 0) is 32.9 Å². The van der Waals surface area contributed by atoms with Gasteiger partial charge in [-0.25, -0.2) is 4.79 Å². The van der Waals surface area contributed by atoms with Crippen LogP contribution in [0.3, 0.4) is 0 Å². The molecule has 2 aromatic rings. The number of esters is 1. The summed E-state index contributed by atoms with van der Waals surface area (Å²) in [7, 11) is 0. The summed E-state index contributed by atoms with van der Waals surface area (Å²) in [5, 5.41) is 3.69. The maximum absolute atomic E-state index is 13.3. The molecule has 2 heterocycles. The second-order valence-corrected chi connectivity index (χ2v) is 10.4. The lowest BCUT2D eigenvalue weighted by Gasteiger charge is -2.19. The van der Waals surface area contributed by atoms with Crippen molar-refractivity contribution in [2.45, 2.75) is 78.6 Å². The second kappa shape index (κ2) is 8.88. The number of hydrogen-bond acceptors (Lipinski definition) is 7. The van der Waals surface area contributed by atoms with Crippen LogP contribution < -0.4 is 16.6 Å². The van der Waals surface area contributed by atoms with Crippen LogP contribution in [0.1, 0.15) is 57.9 Å². The third-order valence-corrected chi connectivity index (χ3v) is 6.78. The maximum atomic E-state index is 13.3. The second-order valence-electron chi connectivity index (χ2n) is 9.29.